The van der Waals surface area contributed by atoms with Crippen molar-refractivity contribution >= 4 is 22.9 Å². The zero-order chi connectivity index (χ0) is 12.1. The Morgan fingerprint density at radius 2 is 2.12 bits per heavy atom. The molecule has 1 rings (SSSR count). The van der Waals surface area contributed by atoms with Crippen molar-refractivity contribution in [2.45, 2.75) is 32.7 Å². The van der Waals surface area contributed by atoms with Gasteiger partial charge in [-0.15, -0.1) is 0 Å². The maximum Gasteiger partial charge on any atom is 0.122 e. The molecular weight excluding hydrogens is 218 g/mol. The van der Waals surface area contributed by atoms with Gasteiger partial charge in [-0.05, 0) is 25.0 Å². The second-order valence-corrected chi connectivity index (χ2v) is 4.28. The summed E-state index contributed by atoms with van der Waals surface area (Å²) < 4.78 is 0. The van der Waals surface area contributed by atoms with Crippen LogP contribution in [0, 0.1) is 0 Å². The first-order valence-corrected chi connectivity index (χ1v) is 5.99. The molecule has 2 N–H and O–H groups in total. The molecule has 0 unspecified atom stereocenters. The molecule has 1 aromatic heterocycles. The number of hydrogen-bond donors (Lipinski definition) is 1. The normalized spacial score (nSPS) is 10.5. The zero-order valence-corrected chi connectivity index (χ0v) is 10.9. The van der Waals surface area contributed by atoms with Gasteiger partial charge in [0.15, 0.2) is 0 Å². The second kappa shape index (κ2) is 5.80. The van der Waals surface area contributed by atoms with Crippen LogP contribution in [0.2, 0.25) is 0 Å². The van der Waals surface area contributed by atoms with Gasteiger partial charge < -0.3 is 10.6 Å². The number of rotatable bonds is 5. The Kier molecular flexibility index (Phi) is 4.68. The highest BCUT2D eigenvalue weighted by Crippen LogP contribution is 2.18. The molecule has 0 amide bonds. The number of thiocarbonyl (C=S) groups is 1. The van der Waals surface area contributed by atoms with E-state index in [1.54, 1.807) is 6.20 Å². The molecule has 0 aliphatic heterocycles. The summed E-state index contributed by atoms with van der Waals surface area (Å²) in [6.07, 6.45) is 4.00. The topological polar surface area (TPSA) is 42.2 Å². The van der Waals surface area contributed by atoms with E-state index in [-0.39, 0.29) is 0 Å². The lowest BCUT2D eigenvalue weighted by atomic mass is 10.1. The molecule has 0 bridgehead atoms. The molecule has 0 radical (unpaired) electrons. The van der Waals surface area contributed by atoms with Gasteiger partial charge in [0.25, 0.3) is 0 Å². The van der Waals surface area contributed by atoms with Crippen LogP contribution in [-0.4, -0.2) is 23.1 Å². The van der Waals surface area contributed by atoms with Crippen LogP contribution < -0.4 is 10.6 Å². The fraction of sp³-hybridized carbons (Fsp3) is 0.500. The quantitative estimate of drug-likeness (QED) is 0.798. The molecule has 0 spiro atoms. The number of hydrogen-bond acceptors (Lipinski definition) is 3. The summed E-state index contributed by atoms with van der Waals surface area (Å²) in [7, 11) is 2.09. The van der Waals surface area contributed by atoms with Gasteiger partial charge in [-0.1, -0.05) is 26.1 Å². The van der Waals surface area contributed by atoms with E-state index in [0.717, 1.165) is 18.5 Å². The summed E-state index contributed by atoms with van der Waals surface area (Å²) in [5.74, 6) is 0. The zero-order valence-electron chi connectivity index (χ0n) is 10.1. The van der Waals surface area contributed by atoms with Gasteiger partial charge in [0.2, 0.25) is 0 Å². The highest BCUT2D eigenvalue weighted by molar-refractivity contribution is 7.80. The Hall–Kier alpha value is -1.16. The van der Waals surface area contributed by atoms with Gasteiger partial charge in [-0.25, -0.2) is 0 Å². The third-order valence-corrected chi connectivity index (χ3v) is 3.10. The van der Waals surface area contributed by atoms with Gasteiger partial charge >= 0.3 is 0 Å². The molecular formula is C12H19N3S. The molecule has 16 heavy (non-hydrogen) atoms. The molecule has 4 heteroatoms. The lowest BCUT2D eigenvalue weighted by molar-refractivity contribution is 0.591. The number of nitrogens with two attached hydrogens (primary N) is 1. The fourth-order valence-corrected chi connectivity index (χ4v) is 1.93. The van der Waals surface area contributed by atoms with E-state index in [0.29, 0.717) is 16.7 Å². The number of nitrogens with zero attached hydrogens (tertiary/aromatic N) is 2. The Morgan fingerprint density at radius 3 is 2.62 bits per heavy atom. The number of anilines is 1. The molecule has 0 aliphatic carbocycles. The lowest BCUT2D eigenvalue weighted by Crippen LogP contribution is -2.30. The maximum absolute atomic E-state index is 5.57. The van der Waals surface area contributed by atoms with Crippen molar-refractivity contribution in [3.05, 3.63) is 24.0 Å². The Labute approximate surface area is 103 Å². The van der Waals surface area contributed by atoms with Crippen LogP contribution in [0.5, 0.6) is 0 Å². The van der Waals surface area contributed by atoms with Crippen LogP contribution in [-0.2, 0) is 0 Å². The predicted molar refractivity (Wildman–Crippen MR) is 72.9 cm³/mol. The van der Waals surface area contributed by atoms with Crippen LogP contribution >= 0.6 is 12.2 Å². The van der Waals surface area contributed by atoms with E-state index < -0.39 is 0 Å². The third-order valence-electron chi connectivity index (χ3n) is 2.89. The molecule has 1 heterocycles. The Bertz CT molecular complexity index is 361. The summed E-state index contributed by atoms with van der Waals surface area (Å²) in [5.41, 5.74) is 7.38. The molecule has 88 valence electrons. The summed E-state index contributed by atoms with van der Waals surface area (Å²) in [4.78, 5) is 6.74. The van der Waals surface area contributed by atoms with Crippen molar-refractivity contribution in [1.82, 2.24) is 4.98 Å². The molecule has 3 nitrogen and oxygen atoms in total. The first kappa shape index (κ1) is 12.9. The van der Waals surface area contributed by atoms with Gasteiger partial charge in [-0.3, -0.25) is 4.98 Å². The van der Waals surface area contributed by atoms with Crippen molar-refractivity contribution in [3.8, 4) is 0 Å². The van der Waals surface area contributed by atoms with Gasteiger partial charge in [-0.2, -0.15) is 0 Å². The summed E-state index contributed by atoms with van der Waals surface area (Å²) >= 11 is 4.93. The average molecular weight is 237 g/mol. The van der Waals surface area contributed by atoms with Crippen molar-refractivity contribution < 1.29 is 0 Å². The standard InChI is InChI=1S/C12H19N3S/c1-4-9(5-2)15(3)10-6-7-14-11(8-10)12(13)16/h6-9H,4-5H2,1-3H3,(H2,13,16). The van der Waals surface area contributed by atoms with Crippen molar-refractivity contribution in [2.24, 2.45) is 5.73 Å². The lowest BCUT2D eigenvalue weighted by Gasteiger charge is -2.28. The van der Waals surface area contributed by atoms with Gasteiger partial charge in [0.05, 0.1) is 5.69 Å². The molecule has 1 aromatic rings. The molecule has 0 fully saturated rings. The van der Waals surface area contributed by atoms with Crippen LogP contribution in [0.15, 0.2) is 18.3 Å². The van der Waals surface area contributed by atoms with Crippen LogP contribution in [0.4, 0.5) is 5.69 Å². The summed E-state index contributed by atoms with van der Waals surface area (Å²) in [5, 5.41) is 0. The fourth-order valence-electron chi connectivity index (χ4n) is 1.82. The van der Waals surface area contributed by atoms with Crippen LogP contribution in [0.3, 0.4) is 0 Å². The number of aromatic nitrogens is 1. The highest BCUT2D eigenvalue weighted by Gasteiger charge is 2.12. The molecule has 0 aromatic carbocycles. The van der Waals surface area contributed by atoms with E-state index in [4.69, 9.17) is 18.0 Å². The van der Waals surface area contributed by atoms with E-state index >= 15 is 0 Å². The SMILES string of the molecule is CCC(CC)N(C)c1ccnc(C(N)=S)c1. The Balaban J connectivity index is 2.94. The van der Waals surface area contributed by atoms with Gasteiger partial charge in [0, 0.05) is 25.0 Å². The molecule has 0 aliphatic rings. The van der Waals surface area contributed by atoms with Crippen LogP contribution in [0.1, 0.15) is 32.4 Å². The minimum Gasteiger partial charge on any atom is -0.388 e. The highest BCUT2D eigenvalue weighted by atomic mass is 32.1. The van der Waals surface area contributed by atoms with Crippen LogP contribution in [0.25, 0.3) is 0 Å². The van der Waals surface area contributed by atoms with E-state index in [9.17, 15) is 0 Å². The molecule has 0 saturated heterocycles. The second-order valence-electron chi connectivity index (χ2n) is 3.84. The van der Waals surface area contributed by atoms with E-state index in [2.05, 4.69) is 30.8 Å². The minimum atomic E-state index is 0.347. The van der Waals surface area contributed by atoms with Crippen molar-refractivity contribution in [2.75, 3.05) is 11.9 Å². The maximum atomic E-state index is 5.57. The number of pyridine rings is 1. The van der Waals surface area contributed by atoms with Gasteiger partial charge in [0.1, 0.15) is 4.99 Å². The van der Waals surface area contributed by atoms with E-state index in [1.807, 2.05) is 12.1 Å². The third kappa shape index (κ3) is 2.92. The van der Waals surface area contributed by atoms with Crippen molar-refractivity contribution in [1.29, 1.82) is 0 Å². The first-order valence-electron chi connectivity index (χ1n) is 5.58. The summed E-state index contributed by atoms with van der Waals surface area (Å²) in [6.45, 7) is 4.39. The first-order chi connectivity index (χ1) is 7.60. The van der Waals surface area contributed by atoms with Crippen molar-refractivity contribution in [3.63, 3.8) is 0 Å². The average Bonchev–Trinajstić information content (AvgIpc) is 2.30. The smallest absolute Gasteiger partial charge is 0.122 e. The Morgan fingerprint density at radius 1 is 1.50 bits per heavy atom. The molecule has 0 atom stereocenters. The largest absolute Gasteiger partial charge is 0.388 e. The predicted octanol–water partition coefficient (Wildman–Crippen LogP) is 2.34. The summed E-state index contributed by atoms with van der Waals surface area (Å²) in [6, 6.07) is 4.47. The molecule has 0 saturated carbocycles. The minimum absolute atomic E-state index is 0.347. The monoisotopic (exact) mass is 237 g/mol. The van der Waals surface area contributed by atoms with E-state index in [1.165, 1.54) is 0 Å².